The number of carbonyl (C=O) groups is 1. The van der Waals surface area contributed by atoms with Crippen molar-refractivity contribution in [3.05, 3.63) is 59.3 Å². The van der Waals surface area contributed by atoms with Crippen LogP contribution in [0.4, 0.5) is 0 Å². The van der Waals surface area contributed by atoms with Crippen molar-refractivity contribution in [3.8, 4) is 17.2 Å². The van der Waals surface area contributed by atoms with Gasteiger partial charge in [-0.2, -0.15) is 0 Å². The summed E-state index contributed by atoms with van der Waals surface area (Å²) >= 11 is 5.31. The number of nitrogens with one attached hydrogen (secondary N) is 1. The highest BCUT2D eigenvalue weighted by Crippen LogP contribution is 2.25. The van der Waals surface area contributed by atoms with Gasteiger partial charge in [0.2, 0.25) is 0 Å². The van der Waals surface area contributed by atoms with Crippen molar-refractivity contribution in [1.82, 2.24) is 10.2 Å². The van der Waals surface area contributed by atoms with Gasteiger partial charge >= 0.3 is 0 Å². The maximum Gasteiger partial charge on any atom is 0.276 e. The number of unbranched alkanes of at least 4 members (excludes halogenated alkanes) is 1. The molecule has 2 aromatic rings. The summed E-state index contributed by atoms with van der Waals surface area (Å²) in [4.78, 5) is 14.3. The number of carbonyl (C=O) groups excluding carboxylic acids is 1. The first-order chi connectivity index (χ1) is 14.5. The molecule has 0 bridgehead atoms. The van der Waals surface area contributed by atoms with E-state index in [0.717, 1.165) is 41.2 Å². The zero-order chi connectivity index (χ0) is 21.5. The summed E-state index contributed by atoms with van der Waals surface area (Å²) in [6.07, 6.45) is 3.72. The van der Waals surface area contributed by atoms with E-state index in [1.807, 2.05) is 42.5 Å². The Labute approximate surface area is 182 Å². The molecule has 1 amide bonds. The minimum Gasteiger partial charge on any atom is -0.497 e. The fourth-order valence-electron chi connectivity index (χ4n) is 3.09. The van der Waals surface area contributed by atoms with Crippen molar-refractivity contribution in [2.75, 3.05) is 20.8 Å². The number of hydrogen-bond donors (Lipinski definition) is 1. The Balaban J connectivity index is 1.76. The fourth-order valence-corrected chi connectivity index (χ4v) is 3.38. The SMILES string of the molecule is CCCCN1C(=O)/C(=C\c2ccc(OC)c(COc3ccc(OC)cc3)c2)NC1=S. The number of thiocarbonyl (C=S) groups is 1. The first-order valence-corrected chi connectivity index (χ1v) is 10.2. The Hall–Kier alpha value is -3.06. The topological polar surface area (TPSA) is 60.0 Å². The minimum absolute atomic E-state index is 0.0969. The van der Waals surface area contributed by atoms with Crippen LogP contribution in [-0.2, 0) is 11.4 Å². The molecule has 0 radical (unpaired) electrons. The van der Waals surface area contributed by atoms with Gasteiger partial charge in [0.15, 0.2) is 5.11 Å². The number of methoxy groups -OCH3 is 2. The lowest BCUT2D eigenvalue weighted by Gasteiger charge is -2.12. The van der Waals surface area contributed by atoms with Crippen LogP contribution < -0.4 is 19.5 Å². The molecule has 0 unspecified atom stereocenters. The molecule has 1 aliphatic rings. The van der Waals surface area contributed by atoms with E-state index in [4.69, 9.17) is 26.4 Å². The predicted octanol–water partition coefficient (Wildman–Crippen LogP) is 4.14. The molecule has 6 nitrogen and oxygen atoms in total. The first-order valence-electron chi connectivity index (χ1n) is 9.84. The van der Waals surface area contributed by atoms with Gasteiger partial charge in [-0.3, -0.25) is 9.69 Å². The lowest BCUT2D eigenvalue weighted by molar-refractivity contribution is -0.122. The first kappa shape index (κ1) is 21.6. The molecule has 1 saturated heterocycles. The smallest absolute Gasteiger partial charge is 0.276 e. The van der Waals surface area contributed by atoms with E-state index in [1.54, 1.807) is 25.2 Å². The van der Waals surface area contributed by atoms with Crippen molar-refractivity contribution >= 4 is 29.3 Å². The Morgan fingerprint density at radius 1 is 1.07 bits per heavy atom. The van der Waals surface area contributed by atoms with Gasteiger partial charge in [0.25, 0.3) is 5.91 Å². The molecule has 2 aromatic carbocycles. The van der Waals surface area contributed by atoms with Crippen LogP contribution in [-0.4, -0.2) is 36.7 Å². The number of hydrogen-bond acceptors (Lipinski definition) is 5. The Morgan fingerprint density at radius 2 is 1.80 bits per heavy atom. The summed E-state index contributed by atoms with van der Waals surface area (Å²) in [5.74, 6) is 2.12. The van der Waals surface area contributed by atoms with Crippen LogP contribution in [0.1, 0.15) is 30.9 Å². The molecule has 1 heterocycles. The summed E-state index contributed by atoms with van der Waals surface area (Å²) < 4.78 is 16.5. The molecule has 3 rings (SSSR count). The van der Waals surface area contributed by atoms with Crippen LogP contribution in [0.2, 0.25) is 0 Å². The molecule has 0 atom stereocenters. The molecule has 158 valence electrons. The van der Waals surface area contributed by atoms with E-state index >= 15 is 0 Å². The van der Waals surface area contributed by atoms with Crippen molar-refractivity contribution in [1.29, 1.82) is 0 Å². The molecule has 1 N–H and O–H groups in total. The van der Waals surface area contributed by atoms with Gasteiger partial charge in [-0.1, -0.05) is 19.4 Å². The van der Waals surface area contributed by atoms with Gasteiger partial charge in [0, 0.05) is 12.1 Å². The van der Waals surface area contributed by atoms with E-state index in [2.05, 4.69) is 12.2 Å². The van der Waals surface area contributed by atoms with Gasteiger partial charge in [0.1, 0.15) is 29.6 Å². The van der Waals surface area contributed by atoms with Gasteiger partial charge in [-0.25, -0.2) is 0 Å². The number of amides is 1. The van der Waals surface area contributed by atoms with Crippen molar-refractivity contribution < 1.29 is 19.0 Å². The molecular formula is C23H26N2O4S. The zero-order valence-corrected chi connectivity index (χ0v) is 18.3. The van der Waals surface area contributed by atoms with Crippen LogP contribution in [0.5, 0.6) is 17.2 Å². The molecule has 0 aromatic heterocycles. The summed E-state index contributed by atoms with van der Waals surface area (Å²) in [6.45, 7) is 3.04. The molecular weight excluding hydrogens is 400 g/mol. The molecule has 7 heteroatoms. The van der Waals surface area contributed by atoms with E-state index in [0.29, 0.717) is 24.0 Å². The van der Waals surface area contributed by atoms with Crippen molar-refractivity contribution in [2.24, 2.45) is 0 Å². The highest BCUT2D eigenvalue weighted by atomic mass is 32.1. The average Bonchev–Trinajstić information content (AvgIpc) is 3.03. The Bertz CT molecular complexity index is 941. The second kappa shape index (κ2) is 10.1. The van der Waals surface area contributed by atoms with E-state index in [9.17, 15) is 4.79 Å². The number of nitrogens with zero attached hydrogens (tertiary/aromatic N) is 1. The third-order valence-corrected chi connectivity index (χ3v) is 5.09. The normalized spacial score (nSPS) is 14.8. The van der Waals surface area contributed by atoms with Gasteiger partial charge in [0.05, 0.1) is 14.2 Å². The Morgan fingerprint density at radius 3 is 2.47 bits per heavy atom. The maximum absolute atomic E-state index is 12.6. The lowest BCUT2D eigenvalue weighted by atomic mass is 10.1. The minimum atomic E-state index is -0.0969. The highest BCUT2D eigenvalue weighted by Gasteiger charge is 2.29. The third kappa shape index (κ3) is 5.10. The molecule has 1 aliphatic heterocycles. The van der Waals surface area contributed by atoms with Gasteiger partial charge < -0.3 is 19.5 Å². The quantitative estimate of drug-likeness (QED) is 0.480. The third-order valence-electron chi connectivity index (χ3n) is 4.77. The molecule has 30 heavy (non-hydrogen) atoms. The Kier molecular flexibility index (Phi) is 7.30. The fraction of sp³-hybridized carbons (Fsp3) is 0.304. The second-order valence-electron chi connectivity index (χ2n) is 6.83. The van der Waals surface area contributed by atoms with Crippen LogP contribution in [0.3, 0.4) is 0 Å². The zero-order valence-electron chi connectivity index (χ0n) is 17.4. The standard InChI is InChI=1S/C23H26N2O4S/c1-4-5-12-25-22(26)20(24-23(25)30)14-16-6-11-21(28-3)17(13-16)15-29-19-9-7-18(27-2)8-10-19/h6-11,13-14H,4-5,12,15H2,1-3H3,(H,24,30)/b20-14+. The summed E-state index contributed by atoms with van der Waals surface area (Å²) in [7, 11) is 3.25. The van der Waals surface area contributed by atoms with Gasteiger partial charge in [-0.15, -0.1) is 0 Å². The van der Waals surface area contributed by atoms with Crippen LogP contribution >= 0.6 is 12.2 Å². The van der Waals surface area contributed by atoms with Crippen LogP contribution in [0.15, 0.2) is 48.2 Å². The largest absolute Gasteiger partial charge is 0.497 e. The highest BCUT2D eigenvalue weighted by molar-refractivity contribution is 7.80. The molecule has 0 saturated carbocycles. The molecule has 0 aliphatic carbocycles. The lowest BCUT2D eigenvalue weighted by Crippen LogP contribution is -2.31. The monoisotopic (exact) mass is 426 g/mol. The number of ether oxygens (including phenoxy) is 3. The van der Waals surface area contributed by atoms with Gasteiger partial charge in [-0.05, 0) is 66.7 Å². The number of benzene rings is 2. The summed E-state index contributed by atoms with van der Waals surface area (Å²) in [5, 5.41) is 3.48. The van der Waals surface area contributed by atoms with Crippen LogP contribution in [0.25, 0.3) is 6.08 Å². The van der Waals surface area contributed by atoms with Crippen molar-refractivity contribution in [3.63, 3.8) is 0 Å². The maximum atomic E-state index is 12.6. The summed E-state index contributed by atoms with van der Waals surface area (Å²) in [6, 6.07) is 13.1. The summed E-state index contributed by atoms with van der Waals surface area (Å²) in [5.41, 5.74) is 2.21. The van der Waals surface area contributed by atoms with Crippen molar-refractivity contribution in [2.45, 2.75) is 26.4 Å². The second-order valence-corrected chi connectivity index (χ2v) is 7.22. The number of rotatable bonds is 9. The van der Waals surface area contributed by atoms with E-state index in [1.165, 1.54) is 0 Å². The molecule has 0 spiro atoms. The molecule has 1 fully saturated rings. The average molecular weight is 427 g/mol. The van der Waals surface area contributed by atoms with E-state index < -0.39 is 0 Å². The van der Waals surface area contributed by atoms with Crippen LogP contribution in [0, 0.1) is 0 Å². The van der Waals surface area contributed by atoms with E-state index in [-0.39, 0.29) is 5.91 Å². The predicted molar refractivity (Wildman–Crippen MR) is 121 cm³/mol.